The zero-order valence-electron chi connectivity index (χ0n) is 16.8. The van der Waals surface area contributed by atoms with Crippen molar-refractivity contribution >= 4 is 29.9 Å². The molecule has 1 aliphatic heterocycles. The first-order valence-corrected chi connectivity index (χ1v) is 10.1. The molecule has 1 fully saturated rings. The van der Waals surface area contributed by atoms with Gasteiger partial charge in [0.1, 0.15) is 0 Å². The summed E-state index contributed by atoms with van der Waals surface area (Å²) in [4.78, 5) is 26.3. The summed E-state index contributed by atoms with van der Waals surface area (Å²) in [5, 5.41) is 1.44. The molecule has 2 aromatic carbocycles. The predicted octanol–water partition coefficient (Wildman–Crippen LogP) is 4.02. The van der Waals surface area contributed by atoms with Crippen LogP contribution < -0.4 is 16.2 Å². The summed E-state index contributed by atoms with van der Waals surface area (Å²) in [6, 6.07) is 15.1. The van der Waals surface area contributed by atoms with Gasteiger partial charge in [0.05, 0.1) is 17.6 Å². The van der Waals surface area contributed by atoms with E-state index in [2.05, 4.69) is 11.5 Å². The Bertz CT molecular complexity index is 911. The van der Waals surface area contributed by atoms with E-state index in [4.69, 9.17) is 5.73 Å². The first-order chi connectivity index (χ1) is 13.5. The van der Waals surface area contributed by atoms with Crippen molar-refractivity contribution in [2.75, 3.05) is 5.01 Å². The van der Waals surface area contributed by atoms with Gasteiger partial charge in [0.15, 0.2) is 0 Å². The highest BCUT2D eigenvalue weighted by Crippen LogP contribution is 2.45. The summed E-state index contributed by atoms with van der Waals surface area (Å²) in [5.41, 5.74) is 12.6. The molecule has 1 heterocycles. The number of fused-ring (bicyclic) bond motifs is 3. The van der Waals surface area contributed by atoms with Crippen molar-refractivity contribution in [3.05, 3.63) is 54.1 Å². The lowest BCUT2D eigenvalue weighted by Gasteiger charge is -2.28. The molecule has 1 aliphatic carbocycles. The fourth-order valence-corrected chi connectivity index (χ4v) is 3.87. The van der Waals surface area contributed by atoms with Crippen LogP contribution in [0.15, 0.2) is 48.5 Å². The van der Waals surface area contributed by atoms with Gasteiger partial charge >= 0.3 is 0 Å². The van der Waals surface area contributed by atoms with Gasteiger partial charge in [-0.3, -0.25) is 15.0 Å². The Morgan fingerprint density at radius 1 is 1.10 bits per heavy atom. The lowest BCUT2D eigenvalue weighted by atomic mass is 9.88. The number of para-hydroxylation sites is 1. The maximum Gasteiger partial charge on any atom is 0.256 e. The normalized spacial score (nSPS) is 19.0. The van der Waals surface area contributed by atoms with E-state index in [1.54, 1.807) is 0 Å². The Morgan fingerprint density at radius 3 is 2.38 bits per heavy atom. The molecule has 154 valence electrons. The third-order valence-electron chi connectivity index (χ3n) is 5.80. The number of halogens is 1. The van der Waals surface area contributed by atoms with E-state index >= 15 is 0 Å². The predicted molar refractivity (Wildman–Crippen MR) is 118 cm³/mol. The molecule has 2 atom stereocenters. The molecule has 1 saturated carbocycles. The monoisotopic (exact) mass is 413 g/mol. The van der Waals surface area contributed by atoms with E-state index in [1.165, 1.54) is 17.9 Å². The molecule has 0 bridgehead atoms. The maximum atomic E-state index is 13.6. The number of hydrazine groups is 1. The number of rotatable bonds is 5. The molecule has 2 aromatic rings. The third-order valence-corrected chi connectivity index (χ3v) is 5.80. The van der Waals surface area contributed by atoms with E-state index in [9.17, 15) is 9.59 Å². The van der Waals surface area contributed by atoms with Crippen LogP contribution in [0.5, 0.6) is 0 Å². The van der Waals surface area contributed by atoms with Crippen molar-refractivity contribution in [3.63, 3.8) is 0 Å². The SMILES string of the molecule is CC(C)[C@H](N)C(=O)NN1C(=O)C(CC2CC2)c2ccccc2-c2ccccc21.Cl. The summed E-state index contributed by atoms with van der Waals surface area (Å²) in [6.45, 7) is 3.79. The second kappa shape index (κ2) is 8.56. The van der Waals surface area contributed by atoms with Gasteiger partial charge < -0.3 is 5.73 Å². The minimum Gasteiger partial charge on any atom is -0.320 e. The molecule has 0 saturated heterocycles. The lowest BCUT2D eigenvalue weighted by molar-refractivity contribution is -0.128. The zero-order valence-corrected chi connectivity index (χ0v) is 17.6. The molecule has 2 aliphatic rings. The smallest absolute Gasteiger partial charge is 0.256 e. The summed E-state index contributed by atoms with van der Waals surface area (Å²) < 4.78 is 0. The second-order valence-electron chi connectivity index (χ2n) is 8.26. The molecule has 1 unspecified atom stereocenters. The number of carbonyl (C=O) groups is 2. The van der Waals surface area contributed by atoms with Crippen molar-refractivity contribution in [2.45, 2.75) is 45.1 Å². The molecule has 6 heteroatoms. The summed E-state index contributed by atoms with van der Waals surface area (Å²) >= 11 is 0. The van der Waals surface area contributed by atoms with Crippen LogP contribution in [0.2, 0.25) is 0 Å². The van der Waals surface area contributed by atoms with Crippen LogP contribution in [-0.2, 0) is 9.59 Å². The lowest BCUT2D eigenvalue weighted by Crippen LogP contribution is -2.54. The summed E-state index contributed by atoms with van der Waals surface area (Å²) in [5.74, 6) is -0.134. The second-order valence-corrected chi connectivity index (χ2v) is 8.26. The standard InChI is InChI=1S/C23H27N3O2.ClH/c1-14(2)21(24)22(27)25-26-20-10-6-5-9-18(20)16-7-3-4-8-17(16)19(23(26)28)13-15-11-12-15;/h3-10,14-15,19,21H,11-13,24H2,1-2H3,(H,25,27);1H/t19?,21-;/m0./s1. The summed E-state index contributed by atoms with van der Waals surface area (Å²) in [7, 11) is 0. The maximum absolute atomic E-state index is 13.6. The average molecular weight is 414 g/mol. The number of nitrogens with one attached hydrogen (secondary N) is 1. The van der Waals surface area contributed by atoms with Crippen LogP contribution in [-0.4, -0.2) is 17.9 Å². The number of anilines is 1. The molecule has 0 aromatic heterocycles. The average Bonchev–Trinajstić information content (AvgIpc) is 3.53. The van der Waals surface area contributed by atoms with E-state index in [-0.39, 0.29) is 36.1 Å². The van der Waals surface area contributed by atoms with Gasteiger partial charge in [-0.2, -0.15) is 0 Å². The highest BCUT2D eigenvalue weighted by atomic mass is 35.5. The van der Waals surface area contributed by atoms with Gasteiger partial charge in [-0.1, -0.05) is 69.2 Å². The highest BCUT2D eigenvalue weighted by Gasteiger charge is 2.38. The fourth-order valence-electron chi connectivity index (χ4n) is 3.87. The Labute approximate surface area is 178 Å². The van der Waals surface area contributed by atoms with E-state index < -0.39 is 6.04 Å². The van der Waals surface area contributed by atoms with Crippen molar-refractivity contribution in [1.29, 1.82) is 0 Å². The van der Waals surface area contributed by atoms with Crippen molar-refractivity contribution < 1.29 is 9.59 Å². The van der Waals surface area contributed by atoms with Crippen LogP contribution in [0.3, 0.4) is 0 Å². The number of nitrogens with zero attached hydrogens (tertiary/aromatic N) is 1. The van der Waals surface area contributed by atoms with Gasteiger partial charge in [-0.05, 0) is 35.4 Å². The molecule has 2 amide bonds. The van der Waals surface area contributed by atoms with Gasteiger partial charge in [0.25, 0.3) is 11.8 Å². The minimum absolute atomic E-state index is 0. The molecule has 3 N–H and O–H groups in total. The van der Waals surface area contributed by atoms with Crippen LogP contribution >= 0.6 is 12.4 Å². The molecular formula is C23H28ClN3O2. The Morgan fingerprint density at radius 2 is 1.72 bits per heavy atom. The highest BCUT2D eigenvalue weighted by molar-refractivity contribution is 6.06. The zero-order chi connectivity index (χ0) is 19.8. The van der Waals surface area contributed by atoms with Crippen LogP contribution in [0.4, 0.5) is 5.69 Å². The van der Waals surface area contributed by atoms with Gasteiger partial charge in [-0.15, -0.1) is 12.4 Å². The Hall–Kier alpha value is -2.37. The van der Waals surface area contributed by atoms with Crippen molar-refractivity contribution in [1.82, 2.24) is 5.43 Å². The van der Waals surface area contributed by atoms with Gasteiger partial charge in [0, 0.05) is 5.56 Å². The number of hydrogen-bond donors (Lipinski definition) is 2. The number of hydrogen-bond acceptors (Lipinski definition) is 3. The molecule has 4 rings (SSSR count). The molecule has 0 radical (unpaired) electrons. The number of nitrogens with two attached hydrogens (primary N) is 1. The topological polar surface area (TPSA) is 75.4 Å². The van der Waals surface area contributed by atoms with E-state index in [0.717, 1.165) is 23.1 Å². The molecule has 29 heavy (non-hydrogen) atoms. The summed E-state index contributed by atoms with van der Waals surface area (Å²) in [6.07, 6.45) is 3.15. The number of carbonyl (C=O) groups excluding carboxylic acids is 2. The van der Waals surface area contributed by atoms with Crippen molar-refractivity contribution in [2.24, 2.45) is 17.6 Å². The molecule has 5 nitrogen and oxygen atoms in total. The quantitative estimate of drug-likeness (QED) is 0.777. The van der Waals surface area contributed by atoms with E-state index in [0.29, 0.717) is 11.6 Å². The largest absolute Gasteiger partial charge is 0.320 e. The first kappa shape index (κ1) is 21.3. The Balaban J connectivity index is 0.00000240. The van der Waals surface area contributed by atoms with Crippen LogP contribution in [0.25, 0.3) is 11.1 Å². The third kappa shape index (κ3) is 4.16. The van der Waals surface area contributed by atoms with Gasteiger partial charge in [-0.25, -0.2) is 5.01 Å². The Kier molecular flexibility index (Phi) is 6.30. The van der Waals surface area contributed by atoms with E-state index in [1.807, 2.05) is 56.3 Å². The molecular weight excluding hydrogens is 386 g/mol. The van der Waals surface area contributed by atoms with Crippen LogP contribution in [0, 0.1) is 11.8 Å². The number of benzene rings is 2. The molecule has 0 spiro atoms. The minimum atomic E-state index is -0.674. The fraction of sp³-hybridized carbons (Fsp3) is 0.391. The first-order valence-electron chi connectivity index (χ1n) is 10.1. The van der Waals surface area contributed by atoms with Gasteiger partial charge in [0.2, 0.25) is 0 Å². The van der Waals surface area contributed by atoms with Crippen LogP contribution in [0.1, 0.15) is 44.6 Å². The number of amides is 2. The van der Waals surface area contributed by atoms with Crippen molar-refractivity contribution in [3.8, 4) is 11.1 Å².